The number of amides is 1. The Kier molecular flexibility index (Phi) is 11.5. The number of methoxy groups -OCH3 is 1. The lowest BCUT2D eigenvalue weighted by atomic mass is 9.74. The molecule has 7 nitrogen and oxygen atoms in total. The van der Waals surface area contributed by atoms with Crippen molar-refractivity contribution in [2.45, 2.75) is 64.7 Å². The number of carbonyl (C=O) groups excluding carboxylic acids is 2. The van der Waals surface area contributed by atoms with Crippen molar-refractivity contribution < 1.29 is 45.4 Å². The van der Waals surface area contributed by atoms with Gasteiger partial charge in [0, 0.05) is 24.8 Å². The Labute approximate surface area is 246 Å². The number of Topliss-reactive ketones (excluding diaryl/α,β-unsaturated/α-hetero) is 1. The van der Waals surface area contributed by atoms with Crippen LogP contribution in [0.1, 0.15) is 58.2 Å². The number of carbonyl (C=O) groups is 2. The third-order valence-corrected chi connectivity index (χ3v) is 6.96. The molecule has 1 amide bonds. The summed E-state index contributed by atoms with van der Waals surface area (Å²) in [5.74, 6) is -0.762. The lowest BCUT2D eigenvalue weighted by Gasteiger charge is -2.34. The van der Waals surface area contributed by atoms with E-state index in [0.717, 1.165) is 13.1 Å². The van der Waals surface area contributed by atoms with Crippen LogP contribution in [0.25, 0.3) is 5.57 Å². The van der Waals surface area contributed by atoms with Crippen LogP contribution in [0.3, 0.4) is 0 Å². The number of hydrogen-bond donors (Lipinski definition) is 2. The minimum atomic E-state index is -4.84. The Morgan fingerprint density at radius 3 is 2.05 bits per heavy atom. The average molecular weight is 616 g/mol. The summed E-state index contributed by atoms with van der Waals surface area (Å²) in [7, 11) is 1.39. The first kappa shape index (κ1) is 35.3. The molecule has 2 N–H and O–H groups in total. The number of pyridine rings is 1. The fraction of sp³-hybridized carbons (Fsp3) is 0.467. The zero-order valence-electron chi connectivity index (χ0n) is 24.5. The Hall–Kier alpha value is -3.90. The summed E-state index contributed by atoms with van der Waals surface area (Å²) in [4.78, 5) is 29.7. The van der Waals surface area contributed by atoms with Crippen LogP contribution < -0.4 is 14.8 Å². The highest BCUT2D eigenvalue weighted by Gasteiger charge is 2.53. The highest BCUT2D eigenvalue weighted by molar-refractivity contribution is 6.03. The van der Waals surface area contributed by atoms with Gasteiger partial charge in [-0.2, -0.15) is 26.3 Å². The van der Waals surface area contributed by atoms with E-state index in [0.29, 0.717) is 5.75 Å². The highest BCUT2D eigenvalue weighted by Crippen LogP contribution is 2.47. The molecule has 0 fully saturated rings. The van der Waals surface area contributed by atoms with E-state index in [2.05, 4.69) is 10.3 Å². The SMILES string of the molecule is COc1ccc(/C(C[C@](C)(c2ccc(OCCCC(F)(F)F)cc2)C(F)(F)F)=C(\CNC(=O)C(C)(C)C=N)C(C)=O)nc1. The van der Waals surface area contributed by atoms with Gasteiger partial charge in [-0.3, -0.25) is 14.6 Å². The molecule has 0 bridgehead atoms. The second-order valence-electron chi connectivity index (χ2n) is 10.7. The first-order valence-electron chi connectivity index (χ1n) is 13.2. The first-order chi connectivity index (χ1) is 19.8. The molecule has 43 heavy (non-hydrogen) atoms. The molecule has 0 aliphatic heterocycles. The summed E-state index contributed by atoms with van der Waals surface area (Å²) >= 11 is 0. The van der Waals surface area contributed by atoms with Crippen molar-refractivity contribution in [2.75, 3.05) is 20.3 Å². The monoisotopic (exact) mass is 615 g/mol. The van der Waals surface area contributed by atoms with E-state index in [1.165, 1.54) is 70.5 Å². The Bertz CT molecular complexity index is 1300. The van der Waals surface area contributed by atoms with Gasteiger partial charge in [0.25, 0.3) is 0 Å². The third-order valence-electron chi connectivity index (χ3n) is 6.96. The van der Waals surface area contributed by atoms with Crippen LogP contribution in [-0.2, 0) is 15.0 Å². The molecule has 1 atom stereocenters. The number of nitrogens with zero attached hydrogens (tertiary/aromatic N) is 1. The highest BCUT2D eigenvalue weighted by atomic mass is 19.4. The van der Waals surface area contributed by atoms with Gasteiger partial charge < -0.3 is 20.2 Å². The predicted octanol–water partition coefficient (Wildman–Crippen LogP) is 6.86. The number of ether oxygens (including phenoxy) is 2. The van der Waals surface area contributed by atoms with Gasteiger partial charge in [-0.25, -0.2) is 0 Å². The van der Waals surface area contributed by atoms with Crippen molar-refractivity contribution >= 4 is 23.5 Å². The van der Waals surface area contributed by atoms with Crippen molar-refractivity contribution in [3.8, 4) is 11.5 Å². The molecule has 13 heteroatoms. The van der Waals surface area contributed by atoms with Gasteiger partial charge in [-0.15, -0.1) is 0 Å². The second kappa shape index (κ2) is 14.0. The molecule has 236 valence electrons. The fourth-order valence-corrected chi connectivity index (χ4v) is 4.04. The van der Waals surface area contributed by atoms with E-state index in [-0.39, 0.29) is 41.2 Å². The van der Waals surface area contributed by atoms with Gasteiger partial charge >= 0.3 is 12.4 Å². The molecule has 2 rings (SSSR count). The van der Waals surface area contributed by atoms with Crippen molar-refractivity contribution in [1.82, 2.24) is 10.3 Å². The van der Waals surface area contributed by atoms with Gasteiger partial charge in [0.05, 0.1) is 36.4 Å². The number of rotatable bonds is 14. The quantitative estimate of drug-likeness (QED) is 0.105. The molecule has 0 unspecified atom stereocenters. The number of allylic oxidation sites excluding steroid dienone is 1. The van der Waals surface area contributed by atoms with E-state index in [4.69, 9.17) is 14.9 Å². The van der Waals surface area contributed by atoms with E-state index in [1.54, 1.807) is 0 Å². The van der Waals surface area contributed by atoms with Crippen LogP contribution >= 0.6 is 0 Å². The number of aromatic nitrogens is 1. The summed E-state index contributed by atoms with van der Waals surface area (Å²) < 4.78 is 92.0. The minimum Gasteiger partial charge on any atom is -0.495 e. The lowest BCUT2D eigenvalue weighted by Crippen LogP contribution is -2.41. The molecule has 0 saturated heterocycles. The largest absolute Gasteiger partial charge is 0.495 e. The van der Waals surface area contributed by atoms with Gasteiger partial charge in [-0.1, -0.05) is 12.1 Å². The first-order valence-corrected chi connectivity index (χ1v) is 13.2. The molecule has 1 aromatic heterocycles. The van der Waals surface area contributed by atoms with Crippen LogP contribution in [0, 0.1) is 10.8 Å². The standard InChI is InChI=1S/C30H35F6N3O4/c1-19(40)24(17-39-26(41)27(2,3)18-37)23(25-12-11-22(42-5)16-38-25)15-28(4,30(34,35)36)20-7-9-21(10-8-20)43-14-6-13-29(31,32)33/h7-12,16,18,37H,6,13-15,17H2,1-5H3,(H,39,41)/b24-23+,37-18?/t28-/m1/s1. The predicted molar refractivity (Wildman–Crippen MR) is 149 cm³/mol. The molecule has 1 aromatic carbocycles. The molecule has 1 heterocycles. The van der Waals surface area contributed by atoms with Crippen LogP contribution in [0.5, 0.6) is 11.5 Å². The van der Waals surface area contributed by atoms with Crippen LogP contribution in [-0.4, -0.2) is 55.5 Å². The van der Waals surface area contributed by atoms with E-state index < -0.39 is 54.3 Å². The molecule has 0 aliphatic rings. The third kappa shape index (κ3) is 9.55. The number of ketones is 1. The second-order valence-corrected chi connectivity index (χ2v) is 10.7. The van der Waals surface area contributed by atoms with Crippen molar-refractivity contribution in [3.63, 3.8) is 0 Å². The average Bonchev–Trinajstić information content (AvgIpc) is 2.93. The Morgan fingerprint density at radius 1 is 0.977 bits per heavy atom. The topological polar surface area (TPSA) is 101 Å². The maximum atomic E-state index is 14.8. The summed E-state index contributed by atoms with van der Waals surface area (Å²) in [5, 5.41) is 10.0. The van der Waals surface area contributed by atoms with E-state index in [1.807, 2.05) is 0 Å². The molecule has 2 aromatic rings. The number of halogens is 6. The van der Waals surface area contributed by atoms with Crippen molar-refractivity contribution in [2.24, 2.45) is 5.41 Å². The molecule has 0 aliphatic carbocycles. The van der Waals surface area contributed by atoms with Crippen LogP contribution in [0.2, 0.25) is 0 Å². The van der Waals surface area contributed by atoms with Crippen molar-refractivity contribution in [3.05, 3.63) is 59.4 Å². The number of hydrogen-bond acceptors (Lipinski definition) is 6. The number of benzene rings is 1. The van der Waals surface area contributed by atoms with Gasteiger partial charge in [0.1, 0.15) is 11.5 Å². The summed E-state index contributed by atoms with van der Waals surface area (Å²) in [5.41, 5.74) is -4.09. The van der Waals surface area contributed by atoms with Gasteiger partial charge in [0.15, 0.2) is 5.78 Å². The number of alkyl halides is 6. The zero-order chi connectivity index (χ0) is 32.6. The smallest absolute Gasteiger partial charge is 0.398 e. The zero-order valence-corrected chi connectivity index (χ0v) is 24.5. The van der Waals surface area contributed by atoms with E-state index in [9.17, 15) is 35.9 Å². The fourth-order valence-electron chi connectivity index (χ4n) is 4.04. The summed E-state index contributed by atoms with van der Waals surface area (Å²) in [6, 6.07) is 7.73. The minimum absolute atomic E-state index is 0.0598. The molecule has 0 spiro atoms. The Morgan fingerprint density at radius 2 is 1.58 bits per heavy atom. The number of nitrogens with one attached hydrogen (secondary N) is 2. The molecule has 0 radical (unpaired) electrons. The van der Waals surface area contributed by atoms with Crippen LogP contribution in [0.15, 0.2) is 48.2 Å². The maximum absolute atomic E-state index is 14.8. The van der Waals surface area contributed by atoms with Crippen molar-refractivity contribution in [1.29, 1.82) is 5.41 Å². The maximum Gasteiger partial charge on any atom is 0.398 e. The molecule has 0 saturated carbocycles. The summed E-state index contributed by atoms with van der Waals surface area (Å²) in [6.45, 7) is 4.40. The Balaban J connectivity index is 2.56. The van der Waals surface area contributed by atoms with Gasteiger partial charge in [0.2, 0.25) is 5.91 Å². The molecular weight excluding hydrogens is 580 g/mol. The molecular formula is C30H35F6N3O4. The lowest BCUT2D eigenvalue weighted by molar-refractivity contribution is -0.184. The van der Waals surface area contributed by atoms with Crippen LogP contribution in [0.4, 0.5) is 26.3 Å². The van der Waals surface area contributed by atoms with Gasteiger partial charge in [-0.05, 0) is 75.9 Å². The summed E-state index contributed by atoms with van der Waals surface area (Å²) in [6.07, 6.45) is -9.09. The van der Waals surface area contributed by atoms with E-state index >= 15 is 0 Å². The normalized spacial score (nSPS) is 14.3.